The van der Waals surface area contributed by atoms with Gasteiger partial charge in [-0.1, -0.05) is 0 Å². The molecule has 0 unspecified atom stereocenters. The van der Waals surface area contributed by atoms with Gasteiger partial charge in [-0.05, 0) is 30.4 Å². The summed E-state index contributed by atoms with van der Waals surface area (Å²) >= 11 is 4.47. The molecule has 68 valence electrons. The van der Waals surface area contributed by atoms with Gasteiger partial charge in [-0.2, -0.15) is 4.99 Å². The lowest BCUT2D eigenvalue weighted by Gasteiger charge is -1.95. The Morgan fingerprint density at radius 3 is 2.86 bits per heavy atom. The van der Waals surface area contributed by atoms with Crippen LogP contribution in [0.4, 0.5) is 5.69 Å². The molecule has 0 aliphatic carbocycles. The summed E-state index contributed by atoms with van der Waals surface area (Å²) in [5.74, 6) is 0. The van der Waals surface area contributed by atoms with Crippen molar-refractivity contribution in [1.29, 1.82) is 0 Å². The molecule has 0 atom stereocenters. The van der Waals surface area contributed by atoms with Crippen molar-refractivity contribution < 1.29 is 4.42 Å². The number of hydrogen-bond donors (Lipinski definition) is 0. The predicted molar refractivity (Wildman–Crippen MR) is 57.2 cm³/mol. The zero-order valence-electron chi connectivity index (χ0n) is 7.06. The van der Waals surface area contributed by atoms with Crippen LogP contribution in [0, 0.1) is 0 Å². The van der Waals surface area contributed by atoms with Crippen LogP contribution < -0.4 is 5.63 Å². The molecule has 2 aromatic rings. The fourth-order valence-corrected chi connectivity index (χ4v) is 1.28. The minimum absolute atomic E-state index is 0.374. The molecular weight excluding hydrogens is 198 g/mol. The maximum Gasteiger partial charge on any atom is 0.336 e. The van der Waals surface area contributed by atoms with Gasteiger partial charge >= 0.3 is 5.63 Å². The fraction of sp³-hybridized carbons (Fsp3) is 0. The average Bonchev–Trinajstić information content (AvgIpc) is 2.17. The van der Waals surface area contributed by atoms with E-state index in [1.165, 1.54) is 6.07 Å². The van der Waals surface area contributed by atoms with Crippen molar-refractivity contribution in [2.24, 2.45) is 4.99 Å². The maximum absolute atomic E-state index is 10.9. The average molecular weight is 203 g/mol. The Morgan fingerprint density at radius 1 is 1.29 bits per heavy atom. The van der Waals surface area contributed by atoms with E-state index in [1.54, 1.807) is 18.2 Å². The maximum atomic E-state index is 10.9. The van der Waals surface area contributed by atoms with E-state index in [0.29, 0.717) is 11.3 Å². The van der Waals surface area contributed by atoms with Gasteiger partial charge in [0.05, 0.1) is 10.8 Å². The van der Waals surface area contributed by atoms with Crippen molar-refractivity contribution in [2.45, 2.75) is 0 Å². The highest BCUT2D eigenvalue weighted by molar-refractivity contribution is 7.78. The highest BCUT2D eigenvalue weighted by atomic mass is 32.1. The third kappa shape index (κ3) is 1.62. The van der Waals surface area contributed by atoms with Crippen molar-refractivity contribution in [3.63, 3.8) is 0 Å². The second-order valence-electron chi connectivity index (χ2n) is 2.68. The van der Waals surface area contributed by atoms with Gasteiger partial charge in [0.15, 0.2) is 0 Å². The summed E-state index contributed by atoms with van der Waals surface area (Å²) in [6.07, 6.45) is 0. The van der Waals surface area contributed by atoms with Gasteiger partial charge in [0.1, 0.15) is 5.58 Å². The largest absolute Gasteiger partial charge is 0.423 e. The highest BCUT2D eigenvalue weighted by Crippen LogP contribution is 2.19. The molecule has 0 spiro atoms. The molecule has 1 aromatic heterocycles. The number of benzene rings is 1. The third-order valence-electron chi connectivity index (χ3n) is 1.78. The van der Waals surface area contributed by atoms with E-state index in [2.05, 4.69) is 22.4 Å². The van der Waals surface area contributed by atoms with E-state index in [1.807, 2.05) is 6.07 Å². The summed E-state index contributed by atoms with van der Waals surface area (Å²) in [6.45, 7) is 0. The number of fused-ring (bicyclic) bond motifs is 1. The van der Waals surface area contributed by atoms with Gasteiger partial charge in [0.2, 0.25) is 0 Å². The molecule has 0 amide bonds. The van der Waals surface area contributed by atoms with Crippen LogP contribution in [0.3, 0.4) is 0 Å². The van der Waals surface area contributed by atoms with Gasteiger partial charge in [-0.25, -0.2) is 4.79 Å². The first kappa shape index (κ1) is 8.81. The molecule has 14 heavy (non-hydrogen) atoms. The van der Waals surface area contributed by atoms with E-state index in [9.17, 15) is 4.79 Å². The van der Waals surface area contributed by atoms with Gasteiger partial charge < -0.3 is 4.42 Å². The Morgan fingerprint density at radius 2 is 2.07 bits per heavy atom. The molecule has 1 heterocycles. The molecular formula is C10H5NO2S. The summed E-state index contributed by atoms with van der Waals surface area (Å²) in [7, 11) is 0. The van der Waals surface area contributed by atoms with Crippen LogP contribution in [-0.4, -0.2) is 5.16 Å². The van der Waals surface area contributed by atoms with E-state index in [0.717, 1.165) is 5.39 Å². The minimum atomic E-state index is -0.374. The highest BCUT2D eigenvalue weighted by Gasteiger charge is 1.97. The quantitative estimate of drug-likeness (QED) is 0.406. The Labute approximate surface area is 84.7 Å². The number of thiocarbonyl (C=S) groups is 1. The summed E-state index contributed by atoms with van der Waals surface area (Å²) in [5.41, 5.74) is 0.756. The molecule has 4 heteroatoms. The number of isothiocyanates is 1. The van der Waals surface area contributed by atoms with E-state index < -0.39 is 0 Å². The van der Waals surface area contributed by atoms with E-state index in [4.69, 9.17) is 4.42 Å². The molecule has 3 nitrogen and oxygen atoms in total. The van der Waals surface area contributed by atoms with Crippen LogP contribution in [0.5, 0.6) is 0 Å². The minimum Gasteiger partial charge on any atom is -0.423 e. The van der Waals surface area contributed by atoms with E-state index >= 15 is 0 Å². The van der Waals surface area contributed by atoms with Crippen molar-refractivity contribution in [2.75, 3.05) is 0 Å². The van der Waals surface area contributed by atoms with Gasteiger partial charge in [0.25, 0.3) is 0 Å². The molecule has 0 fully saturated rings. The molecule has 0 radical (unpaired) electrons. The Kier molecular flexibility index (Phi) is 2.23. The van der Waals surface area contributed by atoms with Crippen LogP contribution in [0.1, 0.15) is 0 Å². The van der Waals surface area contributed by atoms with Crippen LogP contribution in [-0.2, 0) is 0 Å². The zero-order valence-corrected chi connectivity index (χ0v) is 7.88. The van der Waals surface area contributed by atoms with Crippen LogP contribution in [0.2, 0.25) is 0 Å². The van der Waals surface area contributed by atoms with Crippen molar-refractivity contribution in [3.8, 4) is 0 Å². The van der Waals surface area contributed by atoms with Crippen LogP contribution >= 0.6 is 12.2 Å². The third-order valence-corrected chi connectivity index (χ3v) is 1.87. The number of hydrogen-bond acceptors (Lipinski definition) is 4. The standard InChI is InChI=1S/C10H5NO2S/c12-10-4-2-7-1-3-8(11-6-14)5-9(7)13-10/h1-5H. The molecule has 0 saturated carbocycles. The second-order valence-corrected chi connectivity index (χ2v) is 2.86. The van der Waals surface area contributed by atoms with E-state index in [-0.39, 0.29) is 5.63 Å². The first-order chi connectivity index (χ1) is 6.79. The molecule has 0 aliphatic heterocycles. The fourth-order valence-electron chi connectivity index (χ4n) is 1.17. The zero-order chi connectivity index (χ0) is 9.97. The van der Waals surface area contributed by atoms with Gasteiger partial charge in [-0.15, -0.1) is 0 Å². The normalized spacial score (nSPS) is 9.71. The second kappa shape index (κ2) is 3.54. The number of nitrogens with zero attached hydrogens (tertiary/aromatic N) is 1. The molecule has 0 saturated heterocycles. The van der Waals surface area contributed by atoms with Crippen LogP contribution in [0.15, 0.2) is 44.5 Å². The topological polar surface area (TPSA) is 42.6 Å². The Balaban J connectivity index is 2.75. The smallest absolute Gasteiger partial charge is 0.336 e. The lowest BCUT2D eigenvalue weighted by Crippen LogP contribution is -1.93. The SMILES string of the molecule is O=c1ccc2ccc(N=C=S)cc2o1. The Bertz CT molecular complexity index is 582. The van der Waals surface area contributed by atoms with Crippen LogP contribution in [0.25, 0.3) is 11.0 Å². The van der Waals surface area contributed by atoms with Crippen molar-refractivity contribution in [3.05, 3.63) is 40.8 Å². The molecule has 2 rings (SSSR count). The van der Waals surface area contributed by atoms with Gasteiger partial charge in [0, 0.05) is 17.5 Å². The summed E-state index contributed by atoms with van der Waals surface area (Å²) in [5, 5.41) is 3.11. The molecule has 0 bridgehead atoms. The monoisotopic (exact) mass is 203 g/mol. The molecule has 0 N–H and O–H groups in total. The first-order valence-electron chi connectivity index (χ1n) is 3.91. The summed E-state index contributed by atoms with van der Waals surface area (Å²) in [6, 6.07) is 8.32. The summed E-state index contributed by atoms with van der Waals surface area (Å²) in [4.78, 5) is 14.7. The number of rotatable bonds is 1. The number of aliphatic imine (C=N–C) groups is 1. The first-order valence-corrected chi connectivity index (χ1v) is 4.32. The lowest BCUT2D eigenvalue weighted by molar-refractivity contribution is 0.561. The Hall–Kier alpha value is -1.77. The lowest BCUT2D eigenvalue weighted by atomic mass is 10.2. The molecule has 0 aliphatic rings. The van der Waals surface area contributed by atoms with Crippen molar-refractivity contribution >= 4 is 34.0 Å². The molecule has 1 aromatic carbocycles. The van der Waals surface area contributed by atoms with Gasteiger partial charge in [-0.3, -0.25) is 0 Å². The summed E-state index contributed by atoms with van der Waals surface area (Å²) < 4.78 is 4.97. The van der Waals surface area contributed by atoms with Crippen molar-refractivity contribution in [1.82, 2.24) is 0 Å². The predicted octanol–water partition coefficient (Wildman–Crippen LogP) is 2.53.